The van der Waals surface area contributed by atoms with E-state index in [1.54, 1.807) is 48.5 Å². The van der Waals surface area contributed by atoms with Gasteiger partial charge in [-0.25, -0.2) is 4.79 Å². The highest BCUT2D eigenvalue weighted by molar-refractivity contribution is 6.37. The molecular formula is C23H16Cl2N2O3. The van der Waals surface area contributed by atoms with E-state index in [1.165, 1.54) is 18.2 Å². The van der Waals surface area contributed by atoms with Gasteiger partial charge in [-0.2, -0.15) is 0 Å². The maximum Gasteiger partial charge on any atom is 0.325 e. The lowest BCUT2D eigenvalue weighted by Crippen LogP contribution is -2.45. The van der Waals surface area contributed by atoms with Crippen LogP contribution < -0.4 is 5.32 Å². The summed E-state index contributed by atoms with van der Waals surface area (Å²) in [6.07, 6.45) is 0. The first kappa shape index (κ1) is 20.1. The second kappa shape index (κ2) is 7.94. The van der Waals surface area contributed by atoms with Crippen LogP contribution in [0.3, 0.4) is 0 Å². The van der Waals surface area contributed by atoms with Gasteiger partial charge in [0.25, 0.3) is 5.91 Å². The standard InChI is InChI=1S/C23H16Cl2N2O3/c24-17-11-12-18(19(25)13-17)20(28)14-27-21(29)23(26-22(27)30,15-7-3-1-4-8-15)16-9-5-2-6-10-16/h1-13H,14H2,(H,26,30). The molecule has 4 rings (SSSR count). The molecule has 150 valence electrons. The van der Waals surface area contributed by atoms with Gasteiger partial charge in [0.15, 0.2) is 11.3 Å². The Morgan fingerprint density at radius 1 is 0.867 bits per heavy atom. The van der Waals surface area contributed by atoms with Crippen molar-refractivity contribution in [2.45, 2.75) is 5.54 Å². The Hall–Kier alpha value is -3.15. The van der Waals surface area contributed by atoms with E-state index in [9.17, 15) is 14.4 Å². The van der Waals surface area contributed by atoms with Crippen molar-refractivity contribution in [1.82, 2.24) is 10.2 Å². The van der Waals surface area contributed by atoms with Gasteiger partial charge in [-0.1, -0.05) is 83.9 Å². The van der Waals surface area contributed by atoms with Gasteiger partial charge in [-0.15, -0.1) is 0 Å². The molecule has 1 N–H and O–H groups in total. The third-order valence-electron chi connectivity index (χ3n) is 5.05. The number of benzene rings is 3. The molecule has 0 unspecified atom stereocenters. The molecule has 3 amide bonds. The molecule has 3 aromatic carbocycles. The third-order valence-corrected chi connectivity index (χ3v) is 5.60. The van der Waals surface area contributed by atoms with Gasteiger partial charge < -0.3 is 5.32 Å². The highest BCUT2D eigenvalue weighted by Crippen LogP contribution is 2.36. The van der Waals surface area contributed by atoms with Crippen LogP contribution >= 0.6 is 23.2 Å². The van der Waals surface area contributed by atoms with Crippen LogP contribution in [0, 0.1) is 0 Å². The molecule has 1 aliphatic heterocycles. The Bertz CT molecular complexity index is 1090. The summed E-state index contributed by atoms with van der Waals surface area (Å²) in [4.78, 5) is 40.2. The largest absolute Gasteiger partial charge is 0.325 e. The van der Waals surface area contributed by atoms with Crippen LogP contribution in [0.2, 0.25) is 10.0 Å². The quantitative estimate of drug-likeness (QED) is 0.464. The number of carbonyl (C=O) groups is 3. The molecule has 30 heavy (non-hydrogen) atoms. The zero-order valence-corrected chi connectivity index (χ0v) is 17.2. The molecule has 0 spiro atoms. The molecule has 7 heteroatoms. The number of nitrogens with zero attached hydrogens (tertiary/aromatic N) is 1. The summed E-state index contributed by atoms with van der Waals surface area (Å²) >= 11 is 12.0. The molecule has 1 saturated heterocycles. The third kappa shape index (κ3) is 3.36. The SMILES string of the molecule is O=C(CN1C(=O)NC(c2ccccc2)(c2ccccc2)C1=O)c1ccc(Cl)cc1Cl. The lowest BCUT2D eigenvalue weighted by Gasteiger charge is -2.28. The number of Topliss-reactive ketones (excluding diaryl/α,β-unsaturated/α-hetero) is 1. The van der Waals surface area contributed by atoms with E-state index in [-0.39, 0.29) is 10.6 Å². The molecule has 0 aromatic heterocycles. The van der Waals surface area contributed by atoms with Crippen molar-refractivity contribution in [3.8, 4) is 0 Å². The minimum Gasteiger partial charge on any atom is -0.315 e. The second-order valence-corrected chi connectivity index (χ2v) is 7.69. The van der Waals surface area contributed by atoms with Crippen molar-refractivity contribution in [3.05, 3.63) is 106 Å². The smallest absolute Gasteiger partial charge is 0.315 e. The highest BCUT2D eigenvalue weighted by Gasteiger charge is 2.54. The van der Waals surface area contributed by atoms with Gasteiger partial charge in [-0.05, 0) is 29.3 Å². The topological polar surface area (TPSA) is 66.5 Å². The van der Waals surface area contributed by atoms with Crippen LogP contribution in [0.5, 0.6) is 0 Å². The number of carbonyl (C=O) groups excluding carboxylic acids is 3. The van der Waals surface area contributed by atoms with Gasteiger partial charge in [0, 0.05) is 10.6 Å². The van der Waals surface area contributed by atoms with Gasteiger partial charge in [-0.3, -0.25) is 14.5 Å². The molecule has 0 bridgehead atoms. The van der Waals surface area contributed by atoms with Crippen LogP contribution in [-0.2, 0) is 10.3 Å². The Morgan fingerprint density at radius 2 is 1.43 bits per heavy atom. The lowest BCUT2D eigenvalue weighted by molar-refractivity contribution is -0.129. The normalized spacial score (nSPS) is 15.2. The van der Waals surface area contributed by atoms with E-state index < -0.39 is 29.8 Å². The lowest BCUT2D eigenvalue weighted by atomic mass is 9.82. The number of amides is 3. The van der Waals surface area contributed by atoms with Crippen molar-refractivity contribution in [2.24, 2.45) is 0 Å². The van der Waals surface area contributed by atoms with E-state index in [1.807, 2.05) is 12.1 Å². The fraction of sp³-hybridized carbons (Fsp3) is 0.0870. The predicted molar refractivity (Wildman–Crippen MR) is 115 cm³/mol. The summed E-state index contributed by atoms with van der Waals surface area (Å²) in [5.41, 5.74) is -0.00873. The summed E-state index contributed by atoms with van der Waals surface area (Å²) < 4.78 is 0. The average Bonchev–Trinajstić information content (AvgIpc) is 3.00. The summed E-state index contributed by atoms with van der Waals surface area (Å²) in [5, 5.41) is 3.36. The molecule has 1 aliphatic rings. The first-order chi connectivity index (χ1) is 14.4. The zero-order chi connectivity index (χ0) is 21.3. The van der Waals surface area contributed by atoms with Gasteiger partial charge in [0.2, 0.25) is 0 Å². The molecule has 3 aromatic rings. The van der Waals surface area contributed by atoms with Crippen molar-refractivity contribution >= 4 is 40.9 Å². The number of urea groups is 1. The van der Waals surface area contributed by atoms with E-state index in [0.29, 0.717) is 16.1 Å². The van der Waals surface area contributed by atoms with Gasteiger partial charge in [0.1, 0.15) is 0 Å². The average molecular weight is 439 g/mol. The minimum absolute atomic E-state index is 0.164. The molecule has 0 radical (unpaired) electrons. The first-order valence-corrected chi connectivity index (χ1v) is 9.92. The first-order valence-electron chi connectivity index (χ1n) is 9.17. The van der Waals surface area contributed by atoms with Crippen LogP contribution in [0.25, 0.3) is 0 Å². The molecule has 1 heterocycles. The van der Waals surface area contributed by atoms with Gasteiger partial charge >= 0.3 is 6.03 Å². The minimum atomic E-state index is -1.41. The summed E-state index contributed by atoms with van der Waals surface area (Å²) in [6, 6.07) is 21.7. The maximum atomic E-state index is 13.6. The zero-order valence-electron chi connectivity index (χ0n) is 15.6. The molecule has 0 atom stereocenters. The van der Waals surface area contributed by atoms with E-state index in [2.05, 4.69) is 5.32 Å². The number of rotatable bonds is 5. The Morgan fingerprint density at radius 3 is 1.97 bits per heavy atom. The van der Waals surface area contributed by atoms with Crippen LogP contribution in [0.4, 0.5) is 4.79 Å². The summed E-state index contributed by atoms with van der Waals surface area (Å²) in [6.45, 7) is -0.437. The van der Waals surface area contributed by atoms with Gasteiger partial charge in [0.05, 0.1) is 11.6 Å². The van der Waals surface area contributed by atoms with E-state index >= 15 is 0 Å². The number of nitrogens with one attached hydrogen (secondary N) is 1. The van der Waals surface area contributed by atoms with Crippen molar-refractivity contribution in [2.75, 3.05) is 6.54 Å². The van der Waals surface area contributed by atoms with Crippen LogP contribution in [-0.4, -0.2) is 29.2 Å². The Kier molecular flexibility index (Phi) is 5.33. The number of hydrogen-bond acceptors (Lipinski definition) is 3. The molecular weight excluding hydrogens is 423 g/mol. The van der Waals surface area contributed by atoms with Crippen molar-refractivity contribution in [3.63, 3.8) is 0 Å². The van der Waals surface area contributed by atoms with Crippen molar-refractivity contribution < 1.29 is 14.4 Å². The molecule has 0 saturated carbocycles. The Labute approximate surface area is 183 Å². The number of halogens is 2. The molecule has 1 fully saturated rings. The van der Waals surface area contributed by atoms with Crippen LogP contribution in [0.1, 0.15) is 21.5 Å². The van der Waals surface area contributed by atoms with Crippen molar-refractivity contribution in [1.29, 1.82) is 0 Å². The Balaban J connectivity index is 1.73. The fourth-order valence-electron chi connectivity index (χ4n) is 3.60. The number of ketones is 1. The van der Waals surface area contributed by atoms with Crippen LogP contribution in [0.15, 0.2) is 78.9 Å². The second-order valence-electron chi connectivity index (χ2n) is 6.85. The number of hydrogen-bond donors (Lipinski definition) is 1. The monoisotopic (exact) mass is 438 g/mol. The fourth-order valence-corrected chi connectivity index (χ4v) is 4.11. The summed E-state index contributed by atoms with van der Waals surface area (Å²) in [7, 11) is 0. The van der Waals surface area contributed by atoms with E-state index in [4.69, 9.17) is 23.2 Å². The van der Waals surface area contributed by atoms with E-state index in [0.717, 1.165) is 4.90 Å². The maximum absolute atomic E-state index is 13.6. The predicted octanol–water partition coefficient (Wildman–Crippen LogP) is 4.67. The summed E-state index contributed by atoms with van der Waals surface area (Å²) in [5.74, 6) is -0.986. The highest BCUT2D eigenvalue weighted by atomic mass is 35.5. The molecule has 5 nitrogen and oxygen atoms in total. The molecule has 0 aliphatic carbocycles. The number of imide groups is 1.